The fraction of sp³-hybridized carbons (Fsp3) is 0.727. The Hall–Kier alpha value is -1.62. The van der Waals surface area contributed by atoms with E-state index >= 15 is 0 Å². The normalized spacial score (nSPS) is 26.6. The molecule has 4 rings (SSSR count). The molecule has 2 aliphatic heterocycles. The van der Waals surface area contributed by atoms with Gasteiger partial charge in [-0.2, -0.15) is 0 Å². The van der Waals surface area contributed by atoms with E-state index in [4.69, 9.17) is 4.74 Å². The number of aromatic nitrogens is 1. The maximum absolute atomic E-state index is 13.3. The number of carbonyl (C=O) groups excluding carboxylic acids is 1. The minimum absolute atomic E-state index is 0.148. The predicted molar refractivity (Wildman–Crippen MR) is 106 cm³/mol. The molecule has 1 atom stereocenters. The topological polar surface area (TPSA) is 45.7 Å². The van der Waals surface area contributed by atoms with Gasteiger partial charge in [0.25, 0.3) is 0 Å². The van der Waals surface area contributed by atoms with Gasteiger partial charge >= 0.3 is 0 Å². The molecule has 3 aliphatic rings. The lowest BCUT2D eigenvalue weighted by atomic mass is 9.77. The highest BCUT2D eigenvalue weighted by Gasteiger charge is 2.48. The smallest absolute Gasteiger partial charge is 0.230 e. The van der Waals surface area contributed by atoms with E-state index < -0.39 is 0 Å². The molecule has 27 heavy (non-hydrogen) atoms. The van der Waals surface area contributed by atoms with Crippen molar-refractivity contribution in [1.82, 2.24) is 14.8 Å². The second-order valence-electron chi connectivity index (χ2n) is 8.94. The summed E-state index contributed by atoms with van der Waals surface area (Å²) in [6.07, 6.45) is 9.06. The van der Waals surface area contributed by atoms with Crippen LogP contribution in [0.15, 0.2) is 6.20 Å². The highest BCUT2D eigenvalue weighted by molar-refractivity contribution is 5.84. The molecule has 2 saturated heterocycles. The number of likely N-dealkylation sites (tertiary alicyclic amines) is 2. The summed E-state index contributed by atoms with van der Waals surface area (Å²) in [6.45, 7) is 8.76. The average molecular weight is 372 g/mol. The number of methoxy groups -OCH3 is 1. The van der Waals surface area contributed by atoms with E-state index in [1.165, 1.54) is 19.3 Å². The zero-order valence-electron chi connectivity index (χ0n) is 17.1. The zero-order chi connectivity index (χ0) is 19.0. The molecule has 0 N–H and O–H groups in total. The Morgan fingerprint density at radius 2 is 2.04 bits per heavy atom. The first-order valence-corrected chi connectivity index (χ1v) is 10.5. The van der Waals surface area contributed by atoms with Crippen LogP contribution in [-0.2, 0) is 11.3 Å². The van der Waals surface area contributed by atoms with E-state index in [0.29, 0.717) is 5.91 Å². The average Bonchev–Trinajstić information content (AvgIpc) is 3.01. The third-order valence-electron chi connectivity index (χ3n) is 7.08. The maximum Gasteiger partial charge on any atom is 0.230 e. The molecular formula is C22H33N3O2. The van der Waals surface area contributed by atoms with E-state index in [2.05, 4.69) is 21.7 Å². The lowest BCUT2D eigenvalue weighted by Gasteiger charge is -2.42. The van der Waals surface area contributed by atoms with Crippen molar-refractivity contribution in [2.24, 2.45) is 11.3 Å². The van der Waals surface area contributed by atoms with Crippen molar-refractivity contribution < 1.29 is 9.53 Å². The van der Waals surface area contributed by atoms with Gasteiger partial charge in [0.1, 0.15) is 5.75 Å². The second-order valence-corrected chi connectivity index (χ2v) is 8.94. The van der Waals surface area contributed by atoms with E-state index in [0.717, 1.165) is 80.5 Å². The van der Waals surface area contributed by atoms with Crippen LogP contribution in [-0.4, -0.2) is 54.0 Å². The Morgan fingerprint density at radius 3 is 2.74 bits per heavy atom. The zero-order valence-corrected chi connectivity index (χ0v) is 17.1. The van der Waals surface area contributed by atoms with Crippen molar-refractivity contribution in [3.63, 3.8) is 0 Å². The summed E-state index contributed by atoms with van der Waals surface area (Å²) in [5, 5.41) is 0. The first-order valence-electron chi connectivity index (χ1n) is 10.5. The van der Waals surface area contributed by atoms with Crippen LogP contribution in [0.2, 0.25) is 0 Å². The first kappa shape index (κ1) is 18.7. The molecule has 5 nitrogen and oxygen atoms in total. The molecule has 0 radical (unpaired) electrons. The van der Waals surface area contributed by atoms with E-state index in [9.17, 15) is 4.79 Å². The van der Waals surface area contributed by atoms with Gasteiger partial charge in [-0.15, -0.1) is 0 Å². The molecule has 3 fully saturated rings. The van der Waals surface area contributed by atoms with Gasteiger partial charge in [-0.25, -0.2) is 0 Å². The molecule has 1 aromatic rings. The summed E-state index contributed by atoms with van der Waals surface area (Å²) in [6, 6.07) is 0. The molecule has 148 valence electrons. The van der Waals surface area contributed by atoms with Gasteiger partial charge in [-0.05, 0) is 58.4 Å². The van der Waals surface area contributed by atoms with Gasteiger partial charge in [0.2, 0.25) is 5.91 Å². The maximum atomic E-state index is 13.3. The summed E-state index contributed by atoms with van der Waals surface area (Å²) in [7, 11) is 1.72. The van der Waals surface area contributed by atoms with Gasteiger partial charge < -0.3 is 9.64 Å². The van der Waals surface area contributed by atoms with Gasteiger partial charge in [0, 0.05) is 43.5 Å². The Bertz CT molecular complexity index is 716. The van der Waals surface area contributed by atoms with Crippen LogP contribution in [0.4, 0.5) is 0 Å². The van der Waals surface area contributed by atoms with E-state index in [-0.39, 0.29) is 5.41 Å². The SMILES string of the molecule is COc1c(C)cnc(CN2CC[C@]3(CCCN(CC4CCC4)C3=O)C2)c1C. The number of ether oxygens (including phenoxy) is 1. The Morgan fingerprint density at radius 1 is 1.22 bits per heavy atom. The summed E-state index contributed by atoms with van der Waals surface area (Å²) in [4.78, 5) is 22.6. The molecule has 5 heteroatoms. The number of piperidine rings is 1. The van der Waals surface area contributed by atoms with Gasteiger partial charge in [-0.3, -0.25) is 14.7 Å². The van der Waals surface area contributed by atoms with Crippen LogP contribution >= 0.6 is 0 Å². The van der Waals surface area contributed by atoms with Crippen molar-refractivity contribution in [3.8, 4) is 5.75 Å². The van der Waals surface area contributed by atoms with Crippen LogP contribution in [0, 0.1) is 25.2 Å². The Kier molecular flexibility index (Phi) is 5.15. The lowest BCUT2D eigenvalue weighted by molar-refractivity contribution is -0.146. The van der Waals surface area contributed by atoms with Gasteiger partial charge in [0.05, 0.1) is 18.2 Å². The lowest BCUT2D eigenvalue weighted by Crippen LogP contribution is -2.51. The van der Waals surface area contributed by atoms with Crippen LogP contribution < -0.4 is 4.74 Å². The van der Waals surface area contributed by atoms with Crippen LogP contribution in [0.1, 0.15) is 55.3 Å². The molecule has 0 aromatic carbocycles. The Balaban J connectivity index is 1.44. The number of hydrogen-bond acceptors (Lipinski definition) is 4. The molecule has 1 saturated carbocycles. The summed E-state index contributed by atoms with van der Waals surface area (Å²) in [5.41, 5.74) is 3.12. The van der Waals surface area contributed by atoms with Crippen molar-refractivity contribution >= 4 is 5.91 Å². The third-order valence-corrected chi connectivity index (χ3v) is 7.08. The van der Waals surface area contributed by atoms with Crippen LogP contribution in [0.5, 0.6) is 5.75 Å². The number of pyridine rings is 1. The molecule has 1 amide bonds. The minimum Gasteiger partial charge on any atom is -0.496 e. The Labute approximate surface area is 163 Å². The van der Waals surface area contributed by atoms with Crippen molar-refractivity contribution in [3.05, 3.63) is 23.0 Å². The molecule has 1 aliphatic carbocycles. The second kappa shape index (κ2) is 7.42. The number of amides is 1. The summed E-state index contributed by atoms with van der Waals surface area (Å²) < 4.78 is 5.56. The monoisotopic (exact) mass is 371 g/mol. The van der Waals surface area contributed by atoms with E-state index in [1.807, 2.05) is 13.1 Å². The number of hydrogen-bond donors (Lipinski definition) is 0. The van der Waals surface area contributed by atoms with Crippen molar-refractivity contribution in [2.75, 3.05) is 33.3 Å². The van der Waals surface area contributed by atoms with Crippen molar-refractivity contribution in [1.29, 1.82) is 0 Å². The van der Waals surface area contributed by atoms with Gasteiger partial charge in [0.15, 0.2) is 0 Å². The fourth-order valence-electron chi connectivity index (χ4n) is 5.23. The van der Waals surface area contributed by atoms with Gasteiger partial charge in [-0.1, -0.05) is 6.42 Å². The summed E-state index contributed by atoms with van der Waals surface area (Å²) in [5.74, 6) is 2.12. The molecule has 0 unspecified atom stereocenters. The number of nitrogens with zero attached hydrogens (tertiary/aromatic N) is 3. The predicted octanol–water partition coefficient (Wildman–Crippen LogP) is 3.32. The van der Waals surface area contributed by atoms with E-state index in [1.54, 1.807) is 7.11 Å². The largest absolute Gasteiger partial charge is 0.496 e. The fourth-order valence-corrected chi connectivity index (χ4v) is 5.23. The first-order chi connectivity index (χ1) is 13.0. The molecule has 3 heterocycles. The highest BCUT2D eigenvalue weighted by Crippen LogP contribution is 2.41. The number of carbonyl (C=O) groups is 1. The molecule has 1 aromatic heterocycles. The minimum atomic E-state index is -0.148. The molecular weight excluding hydrogens is 338 g/mol. The third kappa shape index (κ3) is 3.46. The molecule has 1 spiro atoms. The standard InChI is InChI=1S/C22H33N3O2/c1-16-12-23-19(17(2)20(16)27-3)14-24-11-9-22(15-24)8-5-10-25(21(22)26)13-18-6-4-7-18/h12,18H,4-11,13-15H2,1-3H3/t22-/m1/s1. The number of aryl methyl sites for hydroxylation is 1. The van der Waals surface area contributed by atoms with Crippen LogP contribution in [0.3, 0.4) is 0 Å². The summed E-state index contributed by atoms with van der Waals surface area (Å²) >= 11 is 0. The van der Waals surface area contributed by atoms with Crippen molar-refractivity contribution in [2.45, 2.75) is 58.9 Å². The highest BCUT2D eigenvalue weighted by atomic mass is 16.5. The molecule has 0 bridgehead atoms. The number of rotatable bonds is 5. The quantitative estimate of drug-likeness (QED) is 0.796. The van der Waals surface area contributed by atoms with Crippen LogP contribution in [0.25, 0.3) is 0 Å².